The van der Waals surface area contributed by atoms with Crippen LogP contribution < -0.4 is 5.32 Å². The largest absolute Gasteiger partial charge is 0.508 e. The van der Waals surface area contributed by atoms with E-state index in [4.69, 9.17) is 45.2 Å². The fourth-order valence-electron chi connectivity index (χ4n) is 1.41. The van der Waals surface area contributed by atoms with E-state index in [0.717, 1.165) is 5.32 Å². The molecule has 0 saturated carbocycles. The van der Waals surface area contributed by atoms with Crippen LogP contribution in [-0.2, 0) is 17.7 Å². The summed E-state index contributed by atoms with van der Waals surface area (Å²) in [5.41, 5.74) is -5.00. The number of ether oxygens (including phenoxy) is 1. The van der Waals surface area contributed by atoms with Gasteiger partial charge in [0.05, 0.1) is 33.2 Å². The number of rotatable bonds is 16. The van der Waals surface area contributed by atoms with E-state index >= 15 is 0 Å². The first-order valence-electron chi connectivity index (χ1n) is 24.1. The fraction of sp³-hybridized carbons (Fsp3) is 0.520. The highest BCUT2D eigenvalue weighted by molar-refractivity contribution is 5.36. The number of aromatic hydroxyl groups is 1. The Morgan fingerprint density at radius 1 is 1.00 bits per heavy atom. The third-order valence-corrected chi connectivity index (χ3v) is 2.59. The molecule has 0 spiro atoms. The Morgan fingerprint density at radius 3 is 2.50 bits per heavy atom. The third kappa shape index (κ3) is 9.72. The molecule has 0 aliphatic carbocycles. The summed E-state index contributed by atoms with van der Waals surface area (Å²) >= 11 is 0. The molecule has 0 saturated heterocycles. The van der Waals surface area contributed by atoms with Crippen LogP contribution in [0, 0.1) is 0 Å². The molecule has 5 heteroatoms. The lowest BCUT2D eigenvalue weighted by Crippen LogP contribution is -2.22. The zero-order chi connectivity index (χ0) is 50.8. The van der Waals surface area contributed by atoms with E-state index in [1.54, 1.807) is 0 Å². The number of phenols is 1. The molecular formula is C25H37NO4. The first-order valence-corrected chi connectivity index (χ1v) is 7.58. The van der Waals surface area contributed by atoms with E-state index in [2.05, 4.69) is 4.74 Å². The van der Waals surface area contributed by atoms with Crippen LogP contribution in [0.15, 0.2) is 48.3 Å². The first-order chi connectivity index (χ1) is 27.2. The van der Waals surface area contributed by atoms with Gasteiger partial charge in [0.25, 0.3) is 0 Å². The van der Waals surface area contributed by atoms with Crippen LogP contribution in [0.25, 0.3) is 0 Å². The van der Waals surface area contributed by atoms with Crippen LogP contribution in [0.3, 0.4) is 0 Å². The normalized spacial score (nSPS) is 35.1. The second-order valence-electron chi connectivity index (χ2n) is 4.49. The van der Waals surface area contributed by atoms with Crippen molar-refractivity contribution in [3.63, 3.8) is 0 Å². The Morgan fingerprint density at radius 2 is 1.73 bits per heavy atom. The minimum absolute atomic E-state index is 0.953. The van der Waals surface area contributed by atoms with Gasteiger partial charge in [-0.2, -0.15) is 0 Å². The van der Waals surface area contributed by atoms with E-state index < -0.39 is 154 Å². The number of nitrogens with one attached hydrogen (secondary N) is 1. The fourth-order valence-corrected chi connectivity index (χ4v) is 1.41. The molecule has 166 valence electrons. The van der Waals surface area contributed by atoms with Gasteiger partial charge in [-0.3, -0.25) is 0 Å². The van der Waals surface area contributed by atoms with Gasteiger partial charge in [0, 0.05) is 49.9 Å². The molecule has 0 aliphatic heterocycles. The topological polar surface area (TPSA) is 82.0 Å². The predicted molar refractivity (Wildman–Crippen MR) is 121 cm³/mol. The highest BCUT2D eigenvalue weighted by atomic mass is 16.5. The Hall–Kier alpha value is -1.92. The summed E-state index contributed by atoms with van der Waals surface area (Å²) in [7, 11) is 0. The average Bonchev–Trinajstić information content (AvgIpc) is 3.06. The van der Waals surface area contributed by atoms with Crippen molar-refractivity contribution in [1.29, 1.82) is 0 Å². The van der Waals surface area contributed by atoms with E-state index in [1.807, 2.05) is 0 Å². The van der Waals surface area contributed by atoms with Crippen molar-refractivity contribution in [3.8, 4) is 5.75 Å². The summed E-state index contributed by atoms with van der Waals surface area (Å²) in [5.74, 6) is -1.61. The molecule has 0 bridgehead atoms. The smallest absolute Gasteiger partial charge is 0.121 e. The second kappa shape index (κ2) is 15.0. The molecule has 0 aliphatic rings. The molecule has 2 aromatic rings. The predicted octanol–water partition coefficient (Wildman–Crippen LogP) is 4.11. The number of benzene rings is 2. The van der Waals surface area contributed by atoms with Crippen molar-refractivity contribution in [1.82, 2.24) is 5.32 Å². The van der Waals surface area contributed by atoms with Crippen molar-refractivity contribution < 1.29 is 65.3 Å². The zero-order valence-electron chi connectivity index (χ0n) is 47.7. The molecule has 0 aromatic heterocycles. The zero-order valence-corrected chi connectivity index (χ0v) is 14.7. The Kier molecular flexibility index (Phi) is 2.67. The van der Waals surface area contributed by atoms with Gasteiger partial charge in [0.2, 0.25) is 0 Å². The van der Waals surface area contributed by atoms with E-state index in [9.17, 15) is 15.3 Å². The van der Waals surface area contributed by atoms with Gasteiger partial charge >= 0.3 is 0 Å². The number of aliphatic hydroxyl groups is 2. The summed E-state index contributed by atoms with van der Waals surface area (Å²) in [4.78, 5) is 0. The van der Waals surface area contributed by atoms with Gasteiger partial charge in [-0.1, -0.05) is 49.0 Å². The summed E-state index contributed by atoms with van der Waals surface area (Å²) < 4.78 is 272. The molecule has 0 fully saturated rings. The van der Waals surface area contributed by atoms with Gasteiger partial charge in [-0.15, -0.1) is 0 Å². The van der Waals surface area contributed by atoms with Crippen LogP contribution in [0.4, 0.5) is 0 Å². The van der Waals surface area contributed by atoms with Gasteiger partial charge in [0.1, 0.15) is 5.75 Å². The standard InChI is InChI=1S/C25H37NO4/c27-20-23-18-22(13-14-24(23)28)25(29)19-26-15-7-1-2-8-16-30-17-9-6-12-21-10-4-3-5-11-21/h3-5,10-11,13-14,18,25-29H,1-2,6-9,12,15-17,19-20H2/i1D2,2D2,3D,4D,5D,6D2,7D2,8D2,9D2,10D,11D,12D2,13D,14D,15D2,16D2,17D2,18D,19D2,20D2,25D. The Labute approximate surface area is 227 Å². The number of hydrogen-bond donors (Lipinski definition) is 4. The molecular weight excluding hydrogens is 378 g/mol. The van der Waals surface area contributed by atoms with Crippen molar-refractivity contribution in [2.24, 2.45) is 0 Å². The van der Waals surface area contributed by atoms with Gasteiger partial charge < -0.3 is 25.4 Å². The van der Waals surface area contributed by atoms with Crippen molar-refractivity contribution in [2.75, 3.05) is 26.1 Å². The van der Waals surface area contributed by atoms with Crippen LogP contribution in [0.1, 0.15) is 106 Å². The minimum Gasteiger partial charge on any atom is -0.508 e. The number of hydrogen-bond acceptors (Lipinski definition) is 5. The Balaban J connectivity index is 2.72. The van der Waals surface area contributed by atoms with Crippen LogP contribution in [0.5, 0.6) is 5.75 Å². The molecule has 5 nitrogen and oxygen atoms in total. The van der Waals surface area contributed by atoms with Crippen molar-refractivity contribution in [3.05, 3.63) is 65.0 Å². The van der Waals surface area contributed by atoms with Gasteiger partial charge in [-0.05, 0) is 61.6 Å². The van der Waals surface area contributed by atoms with Crippen LogP contribution in [0.2, 0.25) is 0 Å². The SMILES string of the molecule is [2H]c1c([2H])c([2H])c(C([2H])([2H])C([2H])([2H])C([2H])([2H])C([2H])([2H])OC([2H])([2H])C([2H])([2H])C([2H])([2H])C([2H])([2H])C([2H])([2H])C([2H])([2H])NC([2H])([2H])C([2H])(O)c2c([2H])c([2H])c(O)c(C([2H])([2H])O)c2[2H])c([2H])c1[2H]. The Bertz CT molecular complexity index is 2080. The molecule has 1 atom stereocenters. The van der Waals surface area contributed by atoms with Crippen LogP contribution in [-0.4, -0.2) is 41.4 Å². The highest BCUT2D eigenvalue weighted by Gasteiger charge is 2.09. The average molecular weight is 449 g/mol. The van der Waals surface area contributed by atoms with E-state index in [1.165, 1.54) is 0 Å². The molecule has 0 radical (unpaired) electrons. The third-order valence-electron chi connectivity index (χ3n) is 2.59. The lowest BCUT2D eigenvalue weighted by molar-refractivity contribution is 0.126. The molecule has 4 N–H and O–H groups in total. The van der Waals surface area contributed by atoms with E-state index in [-0.39, 0.29) is 0 Å². The summed E-state index contributed by atoms with van der Waals surface area (Å²) in [5, 5.41) is 31.8. The summed E-state index contributed by atoms with van der Waals surface area (Å²) in [6, 6.07) is -11.4. The van der Waals surface area contributed by atoms with E-state index in [0.29, 0.717) is 0 Å². The molecule has 1 unspecified atom stereocenters. The monoisotopic (exact) mass is 448 g/mol. The highest BCUT2D eigenvalue weighted by Crippen LogP contribution is 2.22. The lowest BCUT2D eigenvalue weighted by atomic mass is 10.1. The minimum atomic E-state index is -4.99. The summed E-state index contributed by atoms with van der Waals surface area (Å²) in [6.45, 7) is -22.5. The summed E-state index contributed by atoms with van der Waals surface area (Å²) in [6.07, 6.45) is -37.6. The van der Waals surface area contributed by atoms with Gasteiger partial charge in [-0.25, -0.2) is 0 Å². The molecule has 2 rings (SSSR count). The first kappa shape index (κ1) is 5.34. The van der Waals surface area contributed by atoms with Gasteiger partial charge in [0.15, 0.2) is 0 Å². The second-order valence-corrected chi connectivity index (χ2v) is 4.49. The molecule has 30 heavy (non-hydrogen) atoms. The maximum atomic E-state index is 11.0. The quantitative estimate of drug-likeness (QED) is 0.311. The lowest BCUT2D eigenvalue weighted by Gasteiger charge is -2.14. The molecule has 0 heterocycles. The van der Waals surface area contributed by atoms with Crippen LogP contribution >= 0.6 is 0 Å². The maximum absolute atomic E-state index is 11.0. The molecule has 0 amide bonds. The van der Waals surface area contributed by atoms with Crippen molar-refractivity contribution in [2.45, 2.75) is 57.2 Å². The van der Waals surface area contributed by atoms with Crippen molar-refractivity contribution >= 4 is 0 Å². The molecule has 2 aromatic carbocycles. The maximum Gasteiger partial charge on any atom is 0.121 e.